The van der Waals surface area contributed by atoms with Gasteiger partial charge in [0.15, 0.2) is 5.78 Å². The molecule has 0 heterocycles. The molecule has 0 saturated carbocycles. The van der Waals surface area contributed by atoms with Crippen molar-refractivity contribution in [3.63, 3.8) is 0 Å². The molecule has 5 heteroatoms. The molecule has 1 N–H and O–H groups in total. The van der Waals surface area contributed by atoms with Crippen LogP contribution < -0.4 is 5.32 Å². The summed E-state index contributed by atoms with van der Waals surface area (Å²) >= 11 is 7.30. The first kappa shape index (κ1) is 16.6. The van der Waals surface area contributed by atoms with Crippen LogP contribution in [0.3, 0.4) is 0 Å². The third-order valence-electron chi connectivity index (χ3n) is 3.05. The van der Waals surface area contributed by atoms with Gasteiger partial charge in [0.25, 0.3) is 0 Å². The first-order valence-electron chi connectivity index (χ1n) is 6.80. The number of rotatable bonds is 5. The molecule has 22 heavy (non-hydrogen) atoms. The minimum Gasteiger partial charge on any atom is -0.325 e. The zero-order valence-corrected chi connectivity index (χ0v) is 13.9. The number of thioether (sulfide) groups is 1. The van der Waals surface area contributed by atoms with E-state index in [2.05, 4.69) is 5.32 Å². The number of carbonyl (C=O) groups excluding carboxylic acids is 2. The van der Waals surface area contributed by atoms with Crippen molar-refractivity contribution in [2.75, 3.05) is 5.32 Å². The lowest BCUT2D eigenvalue weighted by Gasteiger charge is -2.12. The van der Waals surface area contributed by atoms with Crippen LogP contribution in [0.1, 0.15) is 24.2 Å². The van der Waals surface area contributed by atoms with Gasteiger partial charge < -0.3 is 5.32 Å². The first-order chi connectivity index (χ1) is 10.5. The van der Waals surface area contributed by atoms with E-state index in [1.54, 1.807) is 36.4 Å². The molecule has 1 amide bonds. The maximum absolute atomic E-state index is 12.2. The highest BCUT2D eigenvalue weighted by Crippen LogP contribution is 2.25. The topological polar surface area (TPSA) is 46.2 Å². The summed E-state index contributed by atoms with van der Waals surface area (Å²) in [6.45, 7) is 3.36. The van der Waals surface area contributed by atoms with Crippen molar-refractivity contribution in [3.8, 4) is 0 Å². The SMILES string of the molecule is CC(=O)c1ccc(NC(=O)C(C)Sc2ccc(Cl)cc2)cc1. The molecule has 1 atom stereocenters. The Balaban J connectivity index is 1.95. The van der Waals surface area contributed by atoms with Crippen molar-refractivity contribution < 1.29 is 9.59 Å². The fourth-order valence-electron chi connectivity index (χ4n) is 1.80. The summed E-state index contributed by atoms with van der Waals surface area (Å²) in [6.07, 6.45) is 0. The molecule has 0 radical (unpaired) electrons. The number of hydrogen-bond donors (Lipinski definition) is 1. The van der Waals surface area contributed by atoms with Crippen LogP contribution in [0.15, 0.2) is 53.4 Å². The van der Waals surface area contributed by atoms with E-state index in [9.17, 15) is 9.59 Å². The molecule has 0 saturated heterocycles. The third kappa shape index (κ3) is 4.61. The van der Waals surface area contributed by atoms with E-state index in [0.29, 0.717) is 16.3 Å². The van der Waals surface area contributed by atoms with Crippen LogP contribution in [0.2, 0.25) is 5.02 Å². The van der Waals surface area contributed by atoms with Gasteiger partial charge in [0.1, 0.15) is 0 Å². The average molecular weight is 334 g/mol. The molecule has 0 fully saturated rings. The lowest BCUT2D eigenvalue weighted by molar-refractivity contribution is -0.115. The predicted molar refractivity (Wildman–Crippen MR) is 91.8 cm³/mol. The van der Waals surface area contributed by atoms with Crippen molar-refractivity contribution in [2.24, 2.45) is 0 Å². The number of Topliss-reactive ketones (excluding diaryl/α,β-unsaturated/α-hetero) is 1. The molecular weight excluding hydrogens is 318 g/mol. The molecule has 0 aliphatic heterocycles. The van der Waals surface area contributed by atoms with Gasteiger partial charge in [-0.1, -0.05) is 11.6 Å². The molecule has 2 aromatic rings. The minimum atomic E-state index is -0.242. The van der Waals surface area contributed by atoms with Crippen molar-refractivity contribution in [2.45, 2.75) is 24.0 Å². The Bertz CT molecular complexity index is 668. The van der Waals surface area contributed by atoms with Crippen molar-refractivity contribution in [1.82, 2.24) is 0 Å². The summed E-state index contributed by atoms with van der Waals surface area (Å²) in [4.78, 5) is 24.4. The van der Waals surface area contributed by atoms with Gasteiger partial charge in [-0.05, 0) is 62.4 Å². The number of halogens is 1. The van der Waals surface area contributed by atoms with Gasteiger partial charge >= 0.3 is 0 Å². The van der Waals surface area contributed by atoms with Crippen LogP contribution in [0.5, 0.6) is 0 Å². The molecular formula is C17H16ClNO2S. The van der Waals surface area contributed by atoms with Gasteiger partial charge in [-0.25, -0.2) is 0 Å². The molecule has 3 nitrogen and oxygen atoms in total. The highest BCUT2D eigenvalue weighted by atomic mass is 35.5. The Kier molecular flexibility index (Phi) is 5.63. The summed E-state index contributed by atoms with van der Waals surface area (Å²) < 4.78 is 0. The highest BCUT2D eigenvalue weighted by molar-refractivity contribution is 8.00. The van der Waals surface area contributed by atoms with Gasteiger partial charge in [-0.3, -0.25) is 9.59 Å². The number of benzene rings is 2. The maximum atomic E-state index is 12.2. The second-order valence-electron chi connectivity index (χ2n) is 4.84. The van der Waals surface area contributed by atoms with E-state index in [0.717, 1.165) is 4.90 Å². The number of amides is 1. The Morgan fingerprint density at radius 2 is 1.64 bits per heavy atom. The zero-order chi connectivity index (χ0) is 16.1. The van der Waals surface area contributed by atoms with Crippen molar-refractivity contribution in [3.05, 3.63) is 59.1 Å². The molecule has 0 bridgehead atoms. The largest absolute Gasteiger partial charge is 0.325 e. The van der Waals surface area contributed by atoms with Gasteiger partial charge in [-0.15, -0.1) is 11.8 Å². The van der Waals surface area contributed by atoms with Crippen LogP contribution in [0, 0.1) is 0 Å². The molecule has 2 aromatic carbocycles. The standard InChI is InChI=1S/C17H16ClNO2S/c1-11(20)13-3-7-15(8-4-13)19-17(21)12(2)22-16-9-5-14(18)6-10-16/h3-10,12H,1-2H3,(H,19,21). The normalized spacial score (nSPS) is 11.8. The van der Waals surface area contributed by atoms with E-state index in [1.807, 2.05) is 19.1 Å². The van der Waals surface area contributed by atoms with Crippen LogP contribution in [-0.4, -0.2) is 16.9 Å². The Labute approximate surface area is 139 Å². The Morgan fingerprint density at radius 1 is 1.05 bits per heavy atom. The smallest absolute Gasteiger partial charge is 0.237 e. The number of ketones is 1. The molecule has 0 spiro atoms. The number of anilines is 1. The van der Waals surface area contributed by atoms with Gasteiger partial charge in [0.2, 0.25) is 5.91 Å². The average Bonchev–Trinajstić information content (AvgIpc) is 2.50. The molecule has 1 unspecified atom stereocenters. The van der Waals surface area contributed by atoms with Gasteiger partial charge in [-0.2, -0.15) is 0 Å². The second-order valence-corrected chi connectivity index (χ2v) is 6.69. The van der Waals surface area contributed by atoms with Crippen LogP contribution in [0.4, 0.5) is 5.69 Å². The monoisotopic (exact) mass is 333 g/mol. The summed E-state index contributed by atoms with van der Waals surface area (Å²) in [5, 5.41) is 3.27. The molecule has 114 valence electrons. The van der Waals surface area contributed by atoms with E-state index < -0.39 is 0 Å². The number of hydrogen-bond acceptors (Lipinski definition) is 3. The van der Waals surface area contributed by atoms with Gasteiger partial charge in [0.05, 0.1) is 5.25 Å². The maximum Gasteiger partial charge on any atom is 0.237 e. The molecule has 0 aromatic heterocycles. The summed E-state index contributed by atoms with van der Waals surface area (Å²) in [5.41, 5.74) is 1.31. The Hall–Kier alpha value is -1.78. The van der Waals surface area contributed by atoms with E-state index >= 15 is 0 Å². The minimum absolute atomic E-state index is 0.00420. The number of carbonyl (C=O) groups is 2. The van der Waals surface area contributed by atoms with Gasteiger partial charge in [0, 0.05) is 21.2 Å². The molecule has 0 aliphatic rings. The summed E-state index contributed by atoms with van der Waals surface area (Å²) in [6, 6.07) is 14.2. The molecule has 0 aliphatic carbocycles. The number of nitrogens with one attached hydrogen (secondary N) is 1. The third-order valence-corrected chi connectivity index (χ3v) is 4.42. The second kappa shape index (κ2) is 7.47. The highest BCUT2D eigenvalue weighted by Gasteiger charge is 2.14. The fraction of sp³-hybridized carbons (Fsp3) is 0.176. The van der Waals surface area contributed by atoms with E-state index in [4.69, 9.17) is 11.6 Å². The summed E-state index contributed by atoms with van der Waals surface area (Å²) in [5.74, 6) is -0.0833. The van der Waals surface area contributed by atoms with Crippen LogP contribution in [-0.2, 0) is 4.79 Å². The Morgan fingerprint density at radius 3 is 2.18 bits per heavy atom. The quantitative estimate of drug-likeness (QED) is 0.639. The van der Waals surface area contributed by atoms with Crippen LogP contribution in [0.25, 0.3) is 0 Å². The molecule has 2 rings (SSSR count). The lowest BCUT2D eigenvalue weighted by Crippen LogP contribution is -2.22. The van der Waals surface area contributed by atoms with Crippen molar-refractivity contribution in [1.29, 1.82) is 0 Å². The van der Waals surface area contributed by atoms with Crippen LogP contribution >= 0.6 is 23.4 Å². The lowest BCUT2D eigenvalue weighted by atomic mass is 10.1. The fourth-order valence-corrected chi connectivity index (χ4v) is 2.80. The first-order valence-corrected chi connectivity index (χ1v) is 8.05. The van der Waals surface area contributed by atoms with E-state index in [-0.39, 0.29) is 16.9 Å². The van der Waals surface area contributed by atoms with Crippen molar-refractivity contribution >= 4 is 40.7 Å². The summed E-state index contributed by atoms with van der Waals surface area (Å²) in [7, 11) is 0. The van der Waals surface area contributed by atoms with E-state index in [1.165, 1.54) is 18.7 Å². The zero-order valence-electron chi connectivity index (χ0n) is 12.3. The predicted octanol–water partition coefficient (Wildman–Crippen LogP) is 4.66.